The predicted molar refractivity (Wildman–Crippen MR) is 87.3 cm³/mol. The Balaban J connectivity index is 1.59. The topological polar surface area (TPSA) is 49.5 Å². The molecule has 24 heavy (non-hydrogen) atoms. The van der Waals surface area contributed by atoms with Crippen LogP contribution in [0.25, 0.3) is 0 Å². The summed E-state index contributed by atoms with van der Waals surface area (Å²) < 4.78 is 20.2. The molecule has 2 saturated carbocycles. The van der Waals surface area contributed by atoms with Gasteiger partial charge in [0, 0.05) is 59.2 Å². The summed E-state index contributed by atoms with van der Waals surface area (Å²) in [4.78, 5) is 12.8. The fourth-order valence-corrected chi connectivity index (χ4v) is 5.50. The molecular formula is C19H25FNO3+. The molecule has 1 aliphatic heterocycles. The van der Waals surface area contributed by atoms with Crippen molar-refractivity contribution < 1.29 is 19.0 Å². The van der Waals surface area contributed by atoms with Gasteiger partial charge in [-0.05, 0) is 43.7 Å². The summed E-state index contributed by atoms with van der Waals surface area (Å²) in [6.45, 7) is 2.92. The zero-order valence-corrected chi connectivity index (χ0v) is 14.0. The third-order valence-corrected chi connectivity index (χ3v) is 6.73. The Hall–Kier alpha value is -1.33. The summed E-state index contributed by atoms with van der Waals surface area (Å²) in [5.41, 5.74) is 0.571. The summed E-state index contributed by atoms with van der Waals surface area (Å²) in [6.07, 6.45) is 4.11. The van der Waals surface area contributed by atoms with Crippen LogP contribution in [0.4, 0.5) is 10.1 Å². The highest BCUT2D eigenvalue weighted by Gasteiger charge is 2.70. The van der Waals surface area contributed by atoms with Crippen LogP contribution in [0.3, 0.4) is 0 Å². The van der Waals surface area contributed by atoms with Gasteiger partial charge in [0.2, 0.25) is 6.04 Å². The number of nitrogens with zero attached hydrogens (tertiary/aromatic N) is 1. The molecule has 1 aromatic rings. The number of benzene rings is 1. The van der Waals surface area contributed by atoms with Crippen LogP contribution in [0.5, 0.6) is 0 Å². The van der Waals surface area contributed by atoms with E-state index < -0.39 is 0 Å². The molecule has 6 atom stereocenters. The Morgan fingerprint density at radius 3 is 2.79 bits per heavy atom. The molecule has 130 valence electrons. The molecule has 1 N–H and O–H groups in total. The molecule has 0 radical (unpaired) electrons. The second-order valence-corrected chi connectivity index (χ2v) is 7.76. The summed E-state index contributed by atoms with van der Waals surface area (Å²) in [7, 11) is 0. The number of aliphatic hydroxyl groups excluding tert-OH is 1. The van der Waals surface area contributed by atoms with Crippen LogP contribution < -0.4 is 0 Å². The normalized spacial score (nSPS) is 38.8. The minimum Gasteiger partial charge on any atom is -0.396 e. The number of nitroso groups, excluding NO2 is 1. The molecule has 3 aliphatic rings. The lowest BCUT2D eigenvalue weighted by Crippen LogP contribution is -2.51. The van der Waals surface area contributed by atoms with Crippen LogP contribution in [0.1, 0.15) is 32.6 Å². The van der Waals surface area contributed by atoms with Gasteiger partial charge in [-0.25, -0.2) is 4.39 Å². The number of halogens is 1. The first-order valence-electron chi connectivity index (χ1n) is 9.02. The van der Waals surface area contributed by atoms with Crippen molar-refractivity contribution in [1.82, 2.24) is 0 Å². The molecule has 1 aromatic carbocycles. The third kappa shape index (κ3) is 2.32. The van der Waals surface area contributed by atoms with Crippen LogP contribution >= 0.6 is 0 Å². The molecular weight excluding hydrogens is 309 g/mol. The van der Waals surface area contributed by atoms with E-state index in [9.17, 15) is 14.4 Å². The van der Waals surface area contributed by atoms with E-state index in [1.807, 2.05) is 6.92 Å². The highest BCUT2D eigenvalue weighted by Crippen LogP contribution is 2.69. The van der Waals surface area contributed by atoms with E-state index in [1.165, 1.54) is 12.1 Å². The lowest BCUT2D eigenvalue weighted by atomic mass is 9.65. The molecule has 2 aliphatic carbocycles. The maximum Gasteiger partial charge on any atom is 0.256 e. The van der Waals surface area contributed by atoms with Gasteiger partial charge < -0.3 is 9.84 Å². The van der Waals surface area contributed by atoms with E-state index in [1.54, 1.807) is 12.1 Å². The van der Waals surface area contributed by atoms with E-state index in [0.717, 1.165) is 37.1 Å². The van der Waals surface area contributed by atoms with Gasteiger partial charge in [0.15, 0.2) is 0 Å². The third-order valence-electron chi connectivity index (χ3n) is 6.73. The van der Waals surface area contributed by atoms with Crippen molar-refractivity contribution in [3.63, 3.8) is 0 Å². The first-order chi connectivity index (χ1) is 11.6. The quantitative estimate of drug-likeness (QED) is 0.858. The molecule has 6 unspecified atom stereocenters. The summed E-state index contributed by atoms with van der Waals surface area (Å²) in [5.74, 6) is 0.757. The van der Waals surface area contributed by atoms with Crippen molar-refractivity contribution in [2.75, 3.05) is 13.2 Å². The first-order valence-corrected chi connectivity index (χ1v) is 9.02. The smallest absolute Gasteiger partial charge is 0.256 e. The second-order valence-electron chi connectivity index (χ2n) is 7.76. The lowest BCUT2D eigenvalue weighted by Gasteiger charge is -2.46. The number of hydrogen-bond acceptors (Lipinski definition) is 3. The van der Waals surface area contributed by atoms with E-state index in [2.05, 4.69) is 0 Å². The molecule has 0 aromatic heterocycles. The molecule has 3 fully saturated rings. The van der Waals surface area contributed by atoms with Gasteiger partial charge in [-0.3, -0.25) is 0 Å². The van der Waals surface area contributed by atoms with Crippen molar-refractivity contribution in [1.29, 1.82) is 0 Å². The number of rotatable bonds is 4. The van der Waals surface area contributed by atoms with Crippen molar-refractivity contribution >= 4 is 5.69 Å². The van der Waals surface area contributed by atoms with E-state index in [0.29, 0.717) is 11.6 Å². The van der Waals surface area contributed by atoms with Crippen molar-refractivity contribution in [2.45, 2.75) is 44.8 Å². The van der Waals surface area contributed by atoms with Gasteiger partial charge in [-0.2, -0.15) is 0 Å². The van der Waals surface area contributed by atoms with Gasteiger partial charge in [0.05, 0.1) is 6.10 Å². The van der Waals surface area contributed by atoms with Gasteiger partial charge in [-0.15, -0.1) is 0 Å². The molecule has 0 bridgehead atoms. The second kappa shape index (κ2) is 5.88. The van der Waals surface area contributed by atoms with Crippen LogP contribution in [-0.2, 0) is 4.74 Å². The maximum atomic E-state index is 13.1. The molecule has 5 heteroatoms. The number of hydrogen-bond donors (Lipinski definition) is 1. The molecule has 1 spiro atoms. The highest BCUT2D eigenvalue weighted by molar-refractivity contribution is 5.29. The Morgan fingerprint density at radius 1 is 1.33 bits per heavy atom. The van der Waals surface area contributed by atoms with Crippen molar-refractivity contribution in [2.24, 2.45) is 23.2 Å². The van der Waals surface area contributed by atoms with Crippen LogP contribution in [-0.4, -0.2) is 35.2 Å². The van der Waals surface area contributed by atoms with Crippen LogP contribution in [0, 0.1) is 33.9 Å². The van der Waals surface area contributed by atoms with E-state index in [4.69, 9.17) is 4.74 Å². The maximum absolute atomic E-state index is 13.1. The van der Waals surface area contributed by atoms with Crippen molar-refractivity contribution in [3.05, 3.63) is 35.0 Å². The molecule has 1 heterocycles. The Morgan fingerprint density at radius 2 is 2.08 bits per heavy atom. The van der Waals surface area contributed by atoms with Gasteiger partial charge in [-0.1, -0.05) is 0 Å². The zero-order valence-electron chi connectivity index (χ0n) is 14.0. The molecule has 4 nitrogen and oxygen atoms in total. The van der Waals surface area contributed by atoms with Crippen LogP contribution in [0.2, 0.25) is 0 Å². The van der Waals surface area contributed by atoms with E-state index >= 15 is 0 Å². The SMILES string of the molecule is CC(C1CCC(CO)C2OCCC3CC312)[N+](=O)c1ccc(F)cc1. The average Bonchev–Trinajstić information content (AvgIpc) is 3.34. The molecule has 1 saturated heterocycles. The minimum absolute atomic E-state index is 0.0615. The fourth-order valence-electron chi connectivity index (χ4n) is 5.50. The summed E-state index contributed by atoms with van der Waals surface area (Å²) in [5, 5.41) is 9.71. The first kappa shape index (κ1) is 16.2. The van der Waals surface area contributed by atoms with Gasteiger partial charge >= 0.3 is 0 Å². The van der Waals surface area contributed by atoms with Gasteiger partial charge in [0.1, 0.15) is 5.82 Å². The largest absolute Gasteiger partial charge is 0.396 e. The number of aliphatic hydroxyl groups is 1. The summed E-state index contributed by atoms with van der Waals surface area (Å²) >= 11 is 0. The average molecular weight is 334 g/mol. The standard InChI is InChI=1S/C19H25FNO3/c1-12(21(23)16-5-3-15(20)4-6-16)17-7-2-13(11-22)18-19(17)10-14(19)8-9-24-18/h3-6,12-14,17-18,22H,2,7-11H2,1H3/q+1. The number of ether oxygens (including phenoxy) is 1. The molecule has 0 amide bonds. The molecule has 4 rings (SSSR count). The Labute approximate surface area is 141 Å². The predicted octanol–water partition coefficient (Wildman–Crippen LogP) is 3.44. The Bertz CT molecular complexity index is 634. The summed E-state index contributed by atoms with van der Waals surface area (Å²) in [6, 6.07) is 5.59. The van der Waals surface area contributed by atoms with Crippen molar-refractivity contribution in [3.8, 4) is 0 Å². The Kier molecular flexibility index (Phi) is 3.96. The zero-order chi connectivity index (χ0) is 16.9. The fraction of sp³-hybridized carbons (Fsp3) is 0.684. The van der Waals surface area contributed by atoms with Crippen LogP contribution in [0.15, 0.2) is 24.3 Å². The monoisotopic (exact) mass is 334 g/mol. The van der Waals surface area contributed by atoms with E-state index in [-0.39, 0.29) is 41.8 Å². The highest BCUT2D eigenvalue weighted by atomic mass is 19.1. The van der Waals surface area contributed by atoms with Gasteiger partial charge in [0.25, 0.3) is 5.69 Å². The lowest BCUT2D eigenvalue weighted by molar-refractivity contribution is -0.517. The minimum atomic E-state index is -0.329.